The lowest BCUT2D eigenvalue weighted by Gasteiger charge is -1.97. The third-order valence-electron chi connectivity index (χ3n) is 2.29. The first kappa shape index (κ1) is 10.4. The minimum absolute atomic E-state index is 0.151. The number of benzene rings is 1. The largest absolute Gasteiger partial charge is 0.454 e. The zero-order valence-corrected chi connectivity index (χ0v) is 9.16. The Morgan fingerprint density at radius 1 is 1.28 bits per heavy atom. The summed E-state index contributed by atoms with van der Waals surface area (Å²) in [5, 5.41) is 10.9. The number of hydrazone groups is 1. The summed E-state index contributed by atoms with van der Waals surface area (Å²) in [7, 11) is 0. The molecule has 0 aliphatic carbocycles. The Hall–Kier alpha value is -2.77. The summed E-state index contributed by atoms with van der Waals surface area (Å²) in [5.74, 6) is 1.84. The minimum atomic E-state index is 0.151. The second kappa shape index (κ2) is 4.24. The molecule has 0 atom stereocenters. The molecule has 1 aliphatic heterocycles. The number of nitrogen functional groups attached to an aromatic ring is 1. The lowest BCUT2D eigenvalue weighted by atomic mass is 10.2. The van der Waals surface area contributed by atoms with Crippen LogP contribution in [-0.2, 0) is 0 Å². The van der Waals surface area contributed by atoms with Crippen LogP contribution in [0.1, 0.15) is 5.56 Å². The Labute approximate surface area is 101 Å². The summed E-state index contributed by atoms with van der Waals surface area (Å²) < 4.78 is 14.9. The molecule has 0 radical (unpaired) electrons. The smallest absolute Gasteiger partial charge is 0.235 e. The molecule has 1 aromatic heterocycles. The van der Waals surface area contributed by atoms with E-state index in [2.05, 4.69) is 25.5 Å². The number of ether oxygens (including phenoxy) is 2. The van der Waals surface area contributed by atoms with E-state index in [1.807, 2.05) is 18.2 Å². The summed E-state index contributed by atoms with van der Waals surface area (Å²) in [4.78, 5) is 0. The molecule has 1 aromatic carbocycles. The highest BCUT2D eigenvalue weighted by atomic mass is 16.7. The third-order valence-corrected chi connectivity index (χ3v) is 2.29. The summed E-state index contributed by atoms with van der Waals surface area (Å²) in [6.45, 7) is 0.245. The Bertz CT molecular complexity index is 595. The van der Waals surface area contributed by atoms with E-state index in [1.54, 1.807) is 6.21 Å². The summed E-state index contributed by atoms with van der Waals surface area (Å²) in [5.41, 5.74) is 8.92. The van der Waals surface area contributed by atoms with E-state index in [0.29, 0.717) is 5.75 Å². The fraction of sp³-hybridized carbons (Fsp3) is 0.100. The standard InChI is InChI=1S/C10H9N5O3/c11-9-10(15-18-14-9)13-12-4-6-1-2-7-8(3-6)17-5-16-7/h1-4H,5H2,(H2,11,14)(H,13,15)/b12-4-. The highest BCUT2D eigenvalue weighted by molar-refractivity contribution is 5.81. The van der Waals surface area contributed by atoms with Crippen molar-refractivity contribution in [1.29, 1.82) is 0 Å². The third kappa shape index (κ3) is 1.90. The van der Waals surface area contributed by atoms with Gasteiger partial charge in [-0.1, -0.05) is 0 Å². The molecule has 0 saturated heterocycles. The van der Waals surface area contributed by atoms with Crippen molar-refractivity contribution in [2.75, 3.05) is 18.0 Å². The monoisotopic (exact) mass is 247 g/mol. The number of rotatable bonds is 3. The lowest BCUT2D eigenvalue weighted by Crippen LogP contribution is -1.95. The molecule has 8 heteroatoms. The zero-order valence-electron chi connectivity index (χ0n) is 9.16. The van der Waals surface area contributed by atoms with Crippen LogP contribution in [0.25, 0.3) is 0 Å². The maximum Gasteiger partial charge on any atom is 0.235 e. The number of aromatic nitrogens is 2. The van der Waals surface area contributed by atoms with Crippen molar-refractivity contribution in [1.82, 2.24) is 10.3 Å². The van der Waals surface area contributed by atoms with Crippen molar-refractivity contribution in [3.63, 3.8) is 0 Å². The van der Waals surface area contributed by atoms with Crippen LogP contribution < -0.4 is 20.6 Å². The number of nitrogens with one attached hydrogen (secondary N) is 1. The van der Waals surface area contributed by atoms with E-state index in [1.165, 1.54) is 0 Å². The maximum absolute atomic E-state index is 5.45. The minimum Gasteiger partial charge on any atom is -0.454 e. The summed E-state index contributed by atoms with van der Waals surface area (Å²) >= 11 is 0. The van der Waals surface area contributed by atoms with Crippen molar-refractivity contribution in [2.24, 2.45) is 5.10 Å². The SMILES string of the molecule is Nc1nonc1N/N=C\c1ccc2c(c1)OCO2. The van der Waals surface area contributed by atoms with Gasteiger partial charge in [-0.25, -0.2) is 4.63 Å². The van der Waals surface area contributed by atoms with E-state index >= 15 is 0 Å². The molecule has 0 unspecified atom stereocenters. The fourth-order valence-electron chi connectivity index (χ4n) is 1.43. The van der Waals surface area contributed by atoms with Crippen molar-refractivity contribution < 1.29 is 14.1 Å². The number of fused-ring (bicyclic) bond motifs is 1. The second-order valence-corrected chi connectivity index (χ2v) is 3.48. The normalized spacial score (nSPS) is 13.1. The molecule has 2 aromatic rings. The molecule has 0 amide bonds. The molecule has 2 heterocycles. The van der Waals surface area contributed by atoms with Crippen LogP contribution in [0.4, 0.5) is 11.6 Å². The summed E-state index contributed by atoms with van der Waals surface area (Å²) in [6, 6.07) is 5.48. The zero-order chi connectivity index (χ0) is 12.4. The maximum atomic E-state index is 5.45. The van der Waals surface area contributed by atoms with Crippen LogP contribution in [0.15, 0.2) is 27.9 Å². The molecule has 92 valence electrons. The number of anilines is 2. The van der Waals surface area contributed by atoms with Gasteiger partial charge in [0.05, 0.1) is 6.21 Å². The molecule has 1 aliphatic rings. The Balaban J connectivity index is 1.71. The lowest BCUT2D eigenvalue weighted by molar-refractivity contribution is 0.174. The van der Waals surface area contributed by atoms with Gasteiger partial charge in [0, 0.05) is 0 Å². The van der Waals surface area contributed by atoms with Crippen LogP contribution in [0, 0.1) is 0 Å². The highest BCUT2D eigenvalue weighted by Crippen LogP contribution is 2.31. The first-order chi connectivity index (χ1) is 8.83. The predicted octanol–water partition coefficient (Wildman–Crippen LogP) is 0.826. The molecule has 0 bridgehead atoms. The van der Waals surface area contributed by atoms with Gasteiger partial charge in [-0.15, -0.1) is 0 Å². The molecular weight excluding hydrogens is 238 g/mol. The van der Waals surface area contributed by atoms with Gasteiger partial charge in [-0.05, 0) is 34.1 Å². The fourth-order valence-corrected chi connectivity index (χ4v) is 1.43. The molecule has 3 N–H and O–H groups in total. The Morgan fingerprint density at radius 2 is 2.17 bits per heavy atom. The van der Waals surface area contributed by atoms with Crippen molar-refractivity contribution in [2.45, 2.75) is 0 Å². The second-order valence-electron chi connectivity index (χ2n) is 3.48. The van der Waals surface area contributed by atoms with Gasteiger partial charge in [-0.2, -0.15) is 5.10 Å². The first-order valence-electron chi connectivity index (χ1n) is 5.10. The molecule has 0 fully saturated rings. The topological polar surface area (TPSA) is 108 Å². The van der Waals surface area contributed by atoms with Gasteiger partial charge in [-0.3, -0.25) is 5.43 Å². The van der Waals surface area contributed by atoms with Gasteiger partial charge in [0.2, 0.25) is 18.4 Å². The first-order valence-corrected chi connectivity index (χ1v) is 5.10. The van der Waals surface area contributed by atoms with Crippen LogP contribution in [0.5, 0.6) is 11.5 Å². The molecule has 3 rings (SSSR count). The Kier molecular flexibility index (Phi) is 2.45. The average Bonchev–Trinajstić information content (AvgIpc) is 2.98. The van der Waals surface area contributed by atoms with Crippen molar-refractivity contribution >= 4 is 17.9 Å². The number of nitrogens with zero attached hydrogens (tertiary/aromatic N) is 3. The molecular formula is C10H9N5O3. The van der Waals surface area contributed by atoms with Crippen LogP contribution >= 0.6 is 0 Å². The van der Waals surface area contributed by atoms with Crippen LogP contribution in [0.2, 0.25) is 0 Å². The quantitative estimate of drug-likeness (QED) is 0.610. The Morgan fingerprint density at radius 3 is 3.00 bits per heavy atom. The number of hydrogen-bond donors (Lipinski definition) is 2. The van der Waals surface area contributed by atoms with Crippen molar-refractivity contribution in [3.05, 3.63) is 23.8 Å². The van der Waals surface area contributed by atoms with Gasteiger partial charge >= 0.3 is 0 Å². The number of nitrogens with two attached hydrogens (primary N) is 1. The van der Waals surface area contributed by atoms with Crippen LogP contribution in [0.3, 0.4) is 0 Å². The highest BCUT2D eigenvalue weighted by Gasteiger charge is 2.12. The van der Waals surface area contributed by atoms with Gasteiger partial charge < -0.3 is 15.2 Å². The van der Waals surface area contributed by atoms with Gasteiger partial charge in [0.25, 0.3) is 0 Å². The number of hydrogen-bond acceptors (Lipinski definition) is 8. The van der Waals surface area contributed by atoms with E-state index < -0.39 is 0 Å². The van der Waals surface area contributed by atoms with E-state index in [-0.39, 0.29) is 18.4 Å². The van der Waals surface area contributed by atoms with E-state index in [0.717, 1.165) is 11.3 Å². The van der Waals surface area contributed by atoms with Gasteiger partial charge in [0.1, 0.15) is 0 Å². The molecule has 18 heavy (non-hydrogen) atoms. The van der Waals surface area contributed by atoms with Gasteiger partial charge in [0.15, 0.2) is 11.5 Å². The molecule has 0 saturated carbocycles. The molecule has 8 nitrogen and oxygen atoms in total. The van der Waals surface area contributed by atoms with E-state index in [9.17, 15) is 0 Å². The predicted molar refractivity (Wildman–Crippen MR) is 62.5 cm³/mol. The summed E-state index contributed by atoms with van der Waals surface area (Å²) in [6.07, 6.45) is 1.59. The van der Waals surface area contributed by atoms with Crippen molar-refractivity contribution in [3.8, 4) is 11.5 Å². The molecule has 0 spiro atoms. The van der Waals surface area contributed by atoms with Crippen LogP contribution in [-0.4, -0.2) is 23.3 Å². The average molecular weight is 247 g/mol. The van der Waals surface area contributed by atoms with E-state index in [4.69, 9.17) is 15.2 Å².